The van der Waals surface area contributed by atoms with E-state index in [0.717, 1.165) is 44.5 Å². The highest BCUT2D eigenvalue weighted by Crippen LogP contribution is 2.47. The first-order valence-electron chi connectivity index (χ1n) is 10.9. The first-order chi connectivity index (χ1) is 15.7. The summed E-state index contributed by atoms with van der Waals surface area (Å²) in [6, 6.07) is 34.7. The van der Waals surface area contributed by atoms with E-state index in [4.69, 9.17) is 0 Å². The maximum atomic E-state index is 13.7. The molecule has 1 aromatic heterocycles. The standard InChI is InChI=1S/C29H22N2O/c1-19-15-17-21(18-16-19)31-28(22-11-5-6-12-23(22)29(31)32)26-24-13-7-8-14-25(24)30-27(26)20-9-3-2-4-10-20/h2-18,28,30H,1H3. The molecule has 1 unspecified atom stereocenters. The van der Waals surface area contributed by atoms with Gasteiger partial charge in [-0.2, -0.15) is 0 Å². The molecule has 0 bridgehead atoms. The summed E-state index contributed by atoms with van der Waals surface area (Å²) in [4.78, 5) is 19.3. The molecule has 0 aliphatic carbocycles. The van der Waals surface area contributed by atoms with Gasteiger partial charge in [0.05, 0.1) is 11.7 Å². The van der Waals surface area contributed by atoms with Crippen LogP contribution in [0.3, 0.4) is 0 Å². The molecule has 0 fully saturated rings. The molecule has 4 aromatic carbocycles. The third-order valence-corrected chi connectivity index (χ3v) is 6.36. The molecule has 154 valence electrons. The molecular formula is C29H22N2O. The van der Waals surface area contributed by atoms with Crippen LogP contribution >= 0.6 is 0 Å². The zero-order valence-corrected chi connectivity index (χ0v) is 17.7. The summed E-state index contributed by atoms with van der Waals surface area (Å²) >= 11 is 0. The molecule has 0 radical (unpaired) electrons. The van der Waals surface area contributed by atoms with Crippen molar-refractivity contribution in [3.8, 4) is 11.3 Å². The molecule has 1 atom stereocenters. The average molecular weight is 415 g/mol. The van der Waals surface area contributed by atoms with Crippen molar-refractivity contribution in [3.63, 3.8) is 0 Å². The van der Waals surface area contributed by atoms with Crippen molar-refractivity contribution < 1.29 is 4.79 Å². The summed E-state index contributed by atoms with van der Waals surface area (Å²) in [6.07, 6.45) is 0. The van der Waals surface area contributed by atoms with E-state index in [0.29, 0.717) is 0 Å². The Morgan fingerprint density at radius 2 is 1.44 bits per heavy atom. The zero-order chi connectivity index (χ0) is 21.7. The number of carbonyl (C=O) groups excluding carboxylic acids is 1. The van der Waals surface area contributed by atoms with E-state index >= 15 is 0 Å². The van der Waals surface area contributed by atoms with E-state index in [2.05, 4.69) is 72.6 Å². The lowest BCUT2D eigenvalue weighted by molar-refractivity contribution is 0.0993. The van der Waals surface area contributed by atoms with Crippen molar-refractivity contribution in [2.75, 3.05) is 4.90 Å². The minimum absolute atomic E-state index is 0.0405. The largest absolute Gasteiger partial charge is 0.354 e. The van der Waals surface area contributed by atoms with Crippen molar-refractivity contribution in [3.05, 3.63) is 125 Å². The molecule has 1 amide bonds. The van der Waals surface area contributed by atoms with Crippen molar-refractivity contribution in [1.82, 2.24) is 4.98 Å². The Labute approximate surface area is 187 Å². The molecule has 32 heavy (non-hydrogen) atoms. The Bertz CT molecular complexity index is 1450. The summed E-state index contributed by atoms with van der Waals surface area (Å²) in [7, 11) is 0. The Morgan fingerprint density at radius 1 is 0.750 bits per heavy atom. The van der Waals surface area contributed by atoms with Crippen LogP contribution in [0, 0.1) is 6.92 Å². The summed E-state index contributed by atoms with van der Waals surface area (Å²) in [5, 5.41) is 1.14. The smallest absolute Gasteiger partial charge is 0.259 e. The van der Waals surface area contributed by atoms with Gasteiger partial charge < -0.3 is 4.98 Å². The van der Waals surface area contributed by atoms with Gasteiger partial charge in [-0.1, -0.05) is 84.4 Å². The highest BCUT2D eigenvalue weighted by Gasteiger charge is 2.40. The van der Waals surface area contributed by atoms with Crippen LogP contribution in [0.25, 0.3) is 22.2 Å². The van der Waals surface area contributed by atoms with Crippen LogP contribution in [0.2, 0.25) is 0 Å². The molecule has 1 N–H and O–H groups in total. The second-order valence-corrected chi connectivity index (χ2v) is 8.33. The fourth-order valence-corrected chi connectivity index (χ4v) is 4.85. The lowest BCUT2D eigenvalue weighted by atomic mass is 9.93. The van der Waals surface area contributed by atoms with Gasteiger partial charge in [0, 0.05) is 27.7 Å². The van der Waals surface area contributed by atoms with Crippen LogP contribution in [-0.4, -0.2) is 10.9 Å². The average Bonchev–Trinajstić information content (AvgIpc) is 3.36. The van der Waals surface area contributed by atoms with E-state index in [9.17, 15) is 4.79 Å². The van der Waals surface area contributed by atoms with Gasteiger partial charge in [0.15, 0.2) is 0 Å². The highest BCUT2D eigenvalue weighted by atomic mass is 16.2. The molecule has 1 aliphatic rings. The number of hydrogen-bond donors (Lipinski definition) is 1. The van der Waals surface area contributed by atoms with Crippen molar-refractivity contribution in [2.45, 2.75) is 13.0 Å². The van der Waals surface area contributed by atoms with E-state index in [1.165, 1.54) is 5.56 Å². The van der Waals surface area contributed by atoms with Crippen LogP contribution in [0.5, 0.6) is 0 Å². The number of rotatable bonds is 3. The maximum Gasteiger partial charge on any atom is 0.259 e. The number of amides is 1. The number of H-pyrrole nitrogens is 1. The van der Waals surface area contributed by atoms with Crippen LogP contribution in [-0.2, 0) is 0 Å². The van der Waals surface area contributed by atoms with Crippen LogP contribution in [0.15, 0.2) is 103 Å². The quantitative estimate of drug-likeness (QED) is 0.343. The number of para-hydroxylation sites is 1. The monoisotopic (exact) mass is 414 g/mol. The number of aryl methyl sites for hydroxylation is 1. The summed E-state index contributed by atoms with van der Waals surface area (Å²) < 4.78 is 0. The van der Waals surface area contributed by atoms with Crippen molar-refractivity contribution >= 4 is 22.5 Å². The predicted octanol–water partition coefficient (Wildman–Crippen LogP) is 6.89. The Balaban J connectivity index is 1.67. The molecule has 3 heteroatoms. The second-order valence-electron chi connectivity index (χ2n) is 8.33. The number of nitrogens with one attached hydrogen (secondary N) is 1. The number of benzene rings is 4. The number of anilines is 1. The summed E-state index contributed by atoms with van der Waals surface area (Å²) in [5.41, 5.74) is 8.26. The topological polar surface area (TPSA) is 36.1 Å². The molecule has 3 nitrogen and oxygen atoms in total. The number of aromatic amines is 1. The Morgan fingerprint density at radius 3 is 2.25 bits per heavy atom. The molecule has 1 aliphatic heterocycles. The van der Waals surface area contributed by atoms with Crippen molar-refractivity contribution in [2.24, 2.45) is 0 Å². The zero-order valence-electron chi connectivity index (χ0n) is 17.7. The van der Waals surface area contributed by atoms with Crippen LogP contribution in [0.4, 0.5) is 5.69 Å². The number of carbonyl (C=O) groups is 1. The first kappa shape index (κ1) is 18.6. The Hall–Kier alpha value is -4.11. The predicted molar refractivity (Wildman–Crippen MR) is 130 cm³/mol. The van der Waals surface area contributed by atoms with Crippen molar-refractivity contribution in [1.29, 1.82) is 0 Å². The molecule has 0 spiro atoms. The Kier molecular flexibility index (Phi) is 4.22. The van der Waals surface area contributed by atoms with E-state index in [1.807, 2.05) is 47.4 Å². The van der Waals surface area contributed by atoms with E-state index < -0.39 is 0 Å². The fourth-order valence-electron chi connectivity index (χ4n) is 4.85. The first-order valence-corrected chi connectivity index (χ1v) is 10.9. The second kappa shape index (κ2) is 7.24. The lowest BCUT2D eigenvalue weighted by Gasteiger charge is -2.27. The molecule has 6 rings (SSSR count). The minimum atomic E-state index is -0.215. The normalized spacial score (nSPS) is 15.3. The molecular weight excluding hydrogens is 392 g/mol. The highest BCUT2D eigenvalue weighted by molar-refractivity contribution is 6.13. The molecule has 5 aromatic rings. The van der Waals surface area contributed by atoms with Gasteiger partial charge in [-0.15, -0.1) is 0 Å². The summed E-state index contributed by atoms with van der Waals surface area (Å²) in [6.45, 7) is 2.06. The lowest BCUT2D eigenvalue weighted by Crippen LogP contribution is -2.28. The molecule has 2 heterocycles. The van der Waals surface area contributed by atoms with Gasteiger partial charge in [-0.25, -0.2) is 0 Å². The SMILES string of the molecule is Cc1ccc(N2C(=O)c3ccccc3C2c2c(-c3ccccc3)[nH]c3ccccc23)cc1. The number of aromatic nitrogens is 1. The fraction of sp³-hybridized carbons (Fsp3) is 0.0690. The van der Waals surface area contributed by atoms with Crippen LogP contribution < -0.4 is 4.90 Å². The molecule has 0 saturated carbocycles. The number of fused-ring (bicyclic) bond motifs is 2. The maximum absolute atomic E-state index is 13.7. The minimum Gasteiger partial charge on any atom is -0.354 e. The van der Waals surface area contributed by atoms with Gasteiger partial charge in [-0.3, -0.25) is 9.69 Å². The van der Waals surface area contributed by atoms with E-state index in [1.54, 1.807) is 0 Å². The van der Waals surface area contributed by atoms with Gasteiger partial charge >= 0.3 is 0 Å². The number of hydrogen-bond acceptors (Lipinski definition) is 1. The number of nitrogens with zero attached hydrogens (tertiary/aromatic N) is 1. The van der Waals surface area contributed by atoms with E-state index in [-0.39, 0.29) is 11.9 Å². The summed E-state index contributed by atoms with van der Waals surface area (Å²) in [5.74, 6) is 0.0405. The molecule has 0 saturated heterocycles. The van der Waals surface area contributed by atoms with Gasteiger partial charge in [0.25, 0.3) is 5.91 Å². The van der Waals surface area contributed by atoms with Gasteiger partial charge in [-0.05, 0) is 42.3 Å². The third-order valence-electron chi connectivity index (χ3n) is 6.36. The third kappa shape index (κ3) is 2.78. The van der Waals surface area contributed by atoms with Gasteiger partial charge in [0.1, 0.15) is 0 Å². The van der Waals surface area contributed by atoms with Gasteiger partial charge in [0.2, 0.25) is 0 Å². The van der Waals surface area contributed by atoms with Crippen LogP contribution in [0.1, 0.15) is 33.1 Å².